The van der Waals surface area contributed by atoms with Crippen LogP contribution in [0, 0.1) is 0 Å². The Morgan fingerprint density at radius 2 is 1.93 bits per heavy atom. The van der Waals surface area contributed by atoms with E-state index in [0.29, 0.717) is 13.0 Å². The molecule has 2 aliphatic rings. The number of nitrogens with one attached hydrogen (secondary N) is 1. The molecule has 4 rings (SSSR count). The topological polar surface area (TPSA) is 49.0 Å². The Morgan fingerprint density at radius 3 is 2.69 bits per heavy atom. The Morgan fingerprint density at radius 1 is 1.10 bits per heavy atom. The first-order chi connectivity index (χ1) is 13.9. The Kier molecular flexibility index (Phi) is 5.28. The lowest BCUT2D eigenvalue weighted by molar-refractivity contribution is -0.0289. The van der Waals surface area contributed by atoms with Crippen LogP contribution in [0.3, 0.4) is 0 Å². The first-order valence-electron chi connectivity index (χ1n) is 10.0. The number of hydrogen-bond donors (Lipinski definition) is 1. The Hall–Kier alpha value is -2.50. The minimum atomic E-state index is 0.0260. The number of hydrogen-bond acceptors (Lipinski definition) is 5. The number of rotatable bonds is 6. The third kappa shape index (κ3) is 3.61. The van der Waals surface area contributed by atoms with Gasteiger partial charge < -0.3 is 24.3 Å². The van der Waals surface area contributed by atoms with E-state index in [-0.39, 0.29) is 12.3 Å². The second-order valence-electron chi connectivity index (χ2n) is 8.30. The second kappa shape index (κ2) is 7.73. The molecule has 0 saturated carbocycles. The van der Waals surface area contributed by atoms with Gasteiger partial charge in [0.25, 0.3) is 0 Å². The highest BCUT2D eigenvalue weighted by Crippen LogP contribution is 2.41. The zero-order valence-electron chi connectivity index (χ0n) is 17.8. The van der Waals surface area contributed by atoms with Gasteiger partial charge in [0.05, 0.1) is 19.3 Å². The van der Waals surface area contributed by atoms with Gasteiger partial charge in [-0.05, 0) is 45.4 Å². The van der Waals surface area contributed by atoms with Crippen molar-refractivity contribution in [3.8, 4) is 22.6 Å². The van der Waals surface area contributed by atoms with E-state index in [9.17, 15) is 0 Å². The maximum absolute atomic E-state index is 6.42. The summed E-state index contributed by atoms with van der Waals surface area (Å²) in [6.45, 7) is 7.49. The number of methoxy groups -OCH3 is 2. The van der Waals surface area contributed by atoms with Gasteiger partial charge in [-0.2, -0.15) is 0 Å². The van der Waals surface area contributed by atoms with E-state index in [1.165, 1.54) is 10.8 Å². The van der Waals surface area contributed by atoms with Gasteiger partial charge in [-0.3, -0.25) is 0 Å². The fourth-order valence-electron chi connectivity index (χ4n) is 4.51. The average molecular weight is 395 g/mol. The summed E-state index contributed by atoms with van der Waals surface area (Å²) >= 11 is 0. The van der Waals surface area contributed by atoms with Crippen molar-refractivity contribution in [1.29, 1.82) is 0 Å². The third-order valence-electron chi connectivity index (χ3n) is 5.48. The molecule has 2 aromatic carbocycles. The molecular formula is C24H29NO4. The molecule has 0 aliphatic carbocycles. The number of benzene rings is 2. The van der Waals surface area contributed by atoms with E-state index in [4.69, 9.17) is 18.9 Å². The molecule has 2 heterocycles. The molecule has 5 heteroatoms. The molecule has 0 bridgehead atoms. The monoisotopic (exact) mass is 395 g/mol. The highest BCUT2D eigenvalue weighted by molar-refractivity contribution is 5.84. The van der Waals surface area contributed by atoms with Gasteiger partial charge in [-0.1, -0.05) is 17.7 Å². The largest absolute Gasteiger partial charge is 0.496 e. The predicted octanol–water partition coefficient (Wildman–Crippen LogP) is 3.64. The third-order valence-corrected chi connectivity index (χ3v) is 5.48. The molecule has 0 unspecified atom stereocenters. The predicted molar refractivity (Wildman–Crippen MR) is 116 cm³/mol. The van der Waals surface area contributed by atoms with Crippen LogP contribution in [0.1, 0.15) is 33.6 Å². The molecule has 0 spiro atoms. The van der Waals surface area contributed by atoms with Crippen LogP contribution >= 0.6 is 0 Å². The minimum Gasteiger partial charge on any atom is -0.496 e. The summed E-state index contributed by atoms with van der Waals surface area (Å²) in [5.74, 6) is 2.56. The van der Waals surface area contributed by atoms with E-state index in [1.54, 1.807) is 14.2 Å². The number of fused-ring (bicyclic) bond motifs is 5. The lowest BCUT2D eigenvalue weighted by Gasteiger charge is -2.34. The van der Waals surface area contributed by atoms with Crippen LogP contribution in [0.2, 0.25) is 0 Å². The number of ether oxygens (including phenoxy) is 4. The van der Waals surface area contributed by atoms with Crippen molar-refractivity contribution < 1.29 is 18.9 Å². The molecule has 5 nitrogen and oxygen atoms in total. The van der Waals surface area contributed by atoms with E-state index < -0.39 is 0 Å². The fourth-order valence-corrected chi connectivity index (χ4v) is 4.51. The van der Waals surface area contributed by atoms with Crippen LogP contribution in [-0.4, -0.2) is 33.2 Å². The van der Waals surface area contributed by atoms with Crippen molar-refractivity contribution in [2.75, 3.05) is 32.9 Å². The van der Waals surface area contributed by atoms with E-state index in [2.05, 4.69) is 38.2 Å². The minimum absolute atomic E-state index is 0.0260. The molecule has 0 fully saturated rings. The summed E-state index contributed by atoms with van der Waals surface area (Å²) in [4.78, 5) is 0. The van der Waals surface area contributed by atoms with Crippen LogP contribution in [-0.2, 0) is 9.47 Å². The lowest BCUT2D eigenvalue weighted by Crippen LogP contribution is -2.45. The molecule has 154 valence electrons. The highest BCUT2D eigenvalue weighted by atomic mass is 16.7. The van der Waals surface area contributed by atoms with Crippen molar-refractivity contribution in [3.63, 3.8) is 0 Å². The van der Waals surface area contributed by atoms with Gasteiger partial charge in [-0.25, -0.2) is 0 Å². The summed E-state index contributed by atoms with van der Waals surface area (Å²) < 4.78 is 22.7. The van der Waals surface area contributed by atoms with Gasteiger partial charge >= 0.3 is 0 Å². The molecule has 0 atom stereocenters. The smallest absolute Gasteiger partial charge is 0.146 e. The van der Waals surface area contributed by atoms with E-state index in [1.807, 2.05) is 18.2 Å². The summed E-state index contributed by atoms with van der Waals surface area (Å²) in [5, 5.41) is 6.07. The van der Waals surface area contributed by atoms with Crippen LogP contribution in [0.4, 0.5) is 5.69 Å². The first-order valence-corrected chi connectivity index (χ1v) is 10.0. The summed E-state index contributed by atoms with van der Waals surface area (Å²) in [6, 6.07) is 10.3. The Labute approximate surface area is 171 Å². The van der Waals surface area contributed by atoms with E-state index >= 15 is 0 Å². The molecular weight excluding hydrogens is 366 g/mol. The van der Waals surface area contributed by atoms with E-state index in [0.717, 1.165) is 45.7 Å². The molecule has 1 N–H and O–H groups in total. The van der Waals surface area contributed by atoms with Crippen molar-refractivity contribution in [1.82, 2.24) is 0 Å². The summed E-state index contributed by atoms with van der Waals surface area (Å²) in [5.41, 5.74) is 4.68. The van der Waals surface area contributed by atoms with Gasteiger partial charge in [0.2, 0.25) is 0 Å². The summed E-state index contributed by atoms with van der Waals surface area (Å²) in [7, 11) is 3.33. The van der Waals surface area contributed by atoms with Crippen LogP contribution in [0.15, 0.2) is 30.3 Å². The zero-order valence-corrected chi connectivity index (χ0v) is 17.8. The number of anilines is 1. The van der Waals surface area contributed by atoms with Gasteiger partial charge in [0.15, 0.2) is 0 Å². The fraction of sp³-hybridized carbons (Fsp3) is 0.417. The molecule has 0 amide bonds. The molecule has 29 heavy (non-hydrogen) atoms. The Balaban J connectivity index is 1.97. The van der Waals surface area contributed by atoms with Crippen LogP contribution in [0.25, 0.3) is 22.5 Å². The maximum Gasteiger partial charge on any atom is 0.146 e. The average Bonchev–Trinajstić information content (AvgIpc) is 2.69. The first kappa shape index (κ1) is 19.8. The molecule has 2 aromatic rings. The molecule has 0 saturated heterocycles. The highest BCUT2D eigenvalue weighted by Gasteiger charge is 2.28. The zero-order chi connectivity index (χ0) is 20.6. The molecule has 2 aliphatic heterocycles. The summed E-state index contributed by atoms with van der Waals surface area (Å²) in [6.07, 6.45) is 1.64. The normalized spacial score (nSPS) is 16.3. The van der Waals surface area contributed by atoms with Crippen molar-refractivity contribution in [3.05, 3.63) is 40.8 Å². The molecule has 0 aromatic heterocycles. The maximum atomic E-state index is 6.42. The van der Waals surface area contributed by atoms with Gasteiger partial charge in [-0.15, -0.1) is 0 Å². The van der Waals surface area contributed by atoms with Crippen molar-refractivity contribution in [2.24, 2.45) is 0 Å². The quantitative estimate of drug-likeness (QED) is 0.598. The van der Waals surface area contributed by atoms with Crippen molar-refractivity contribution in [2.45, 2.75) is 39.2 Å². The van der Waals surface area contributed by atoms with Gasteiger partial charge in [0.1, 0.15) is 24.1 Å². The van der Waals surface area contributed by atoms with Gasteiger partial charge in [0, 0.05) is 40.8 Å². The standard InChI is InChI=1S/C24H29NO4/c1-15-13-24(2,3)25-17-10-9-16-22-18(27-5)7-6-8-19(22)29-20(23(16)21(15)17)11-12-28-14-26-4/h6-10,25H,11-14H2,1-5H3. The lowest BCUT2D eigenvalue weighted by atomic mass is 9.86. The van der Waals surface area contributed by atoms with Crippen LogP contribution < -0.4 is 25.2 Å². The van der Waals surface area contributed by atoms with Crippen LogP contribution in [0.5, 0.6) is 11.5 Å². The second-order valence-corrected chi connectivity index (χ2v) is 8.30. The van der Waals surface area contributed by atoms with Crippen molar-refractivity contribution >= 4 is 17.0 Å². The SMILES string of the molecule is COCOCCC1=c2c(ccc3c2=C(C)CC(C)(C)N3)-c2c(OC)cccc2O1. The molecule has 0 radical (unpaired) electrons. The Bertz CT molecular complexity index is 1060.